The summed E-state index contributed by atoms with van der Waals surface area (Å²) in [6, 6.07) is 11.5. The minimum absolute atomic E-state index is 0.647. The molecule has 0 aliphatic rings. The first-order chi connectivity index (χ1) is 9.24. The Balaban J connectivity index is 2.44. The van der Waals surface area contributed by atoms with Crippen LogP contribution in [0.2, 0.25) is 5.02 Å². The van der Waals surface area contributed by atoms with Gasteiger partial charge in [0, 0.05) is 16.8 Å². The Labute approximate surface area is 115 Å². The molecular formula is C15H12ClNO2. The lowest BCUT2D eigenvalue weighted by molar-refractivity contribution is 0.356. The second-order valence-corrected chi connectivity index (χ2v) is 4.55. The third kappa shape index (κ3) is 1.87. The van der Waals surface area contributed by atoms with Gasteiger partial charge in [-0.1, -0.05) is 29.8 Å². The standard InChI is InChI=1S/C15H12ClNO2/c1-18-13-7-10-12(8-14(13)19-2)17-11-6-4-3-5-9(11)15(10)16/h3-8H,1-2H3. The van der Waals surface area contributed by atoms with E-state index in [9.17, 15) is 0 Å². The summed E-state index contributed by atoms with van der Waals surface area (Å²) in [5.74, 6) is 1.29. The van der Waals surface area contributed by atoms with Crippen molar-refractivity contribution in [3.63, 3.8) is 0 Å². The molecule has 0 aliphatic heterocycles. The van der Waals surface area contributed by atoms with Gasteiger partial charge in [0.1, 0.15) is 0 Å². The normalized spacial score (nSPS) is 10.9. The molecule has 0 saturated carbocycles. The summed E-state index contributed by atoms with van der Waals surface area (Å²) in [4.78, 5) is 4.60. The molecule has 0 bridgehead atoms. The lowest BCUT2D eigenvalue weighted by atomic mass is 10.1. The zero-order valence-electron chi connectivity index (χ0n) is 10.6. The van der Waals surface area contributed by atoms with Crippen LogP contribution in [-0.4, -0.2) is 19.2 Å². The van der Waals surface area contributed by atoms with Crippen molar-refractivity contribution >= 4 is 33.4 Å². The number of para-hydroxylation sites is 1. The maximum Gasteiger partial charge on any atom is 0.162 e. The van der Waals surface area contributed by atoms with E-state index in [0.29, 0.717) is 16.5 Å². The number of methoxy groups -OCH3 is 2. The highest BCUT2D eigenvalue weighted by atomic mass is 35.5. The molecule has 4 heteroatoms. The van der Waals surface area contributed by atoms with Gasteiger partial charge in [0.05, 0.1) is 30.3 Å². The highest BCUT2D eigenvalue weighted by molar-refractivity contribution is 6.40. The number of hydrogen-bond donors (Lipinski definition) is 0. The van der Waals surface area contributed by atoms with Gasteiger partial charge in [-0.2, -0.15) is 0 Å². The smallest absolute Gasteiger partial charge is 0.162 e. The molecule has 19 heavy (non-hydrogen) atoms. The van der Waals surface area contributed by atoms with Gasteiger partial charge >= 0.3 is 0 Å². The van der Waals surface area contributed by atoms with E-state index < -0.39 is 0 Å². The second kappa shape index (κ2) is 4.59. The van der Waals surface area contributed by atoms with Crippen LogP contribution in [0, 0.1) is 0 Å². The molecule has 0 fully saturated rings. The van der Waals surface area contributed by atoms with E-state index in [4.69, 9.17) is 21.1 Å². The zero-order valence-corrected chi connectivity index (χ0v) is 11.4. The van der Waals surface area contributed by atoms with Crippen LogP contribution in [0.1, 0.15) is 0 Å². The Bertz CT molecular complexity index is 771. The van der Waals surface area contributed by atoms with Crippen LogP contribution < -0.4 is 9.47 Å². The number of ether oxygens (including phenoxy) is 2. The minimum atomic E-state index is 0.647. The number of fused-ring (bicyclic) bond motifs is 2. The average Bonchev–Trinajstić information content (AvgIpc) is 2.46. The molecule has 1 heterocycles. The highest BCUT2D eigenvalue weighted by Gasteiger charge is 2.12. The van der Waals surface area contributed by atoms with Crippen LogP contribution in [0.15, 0.2) is 36.4 Å². The third-order valence-electron chi connectivity index (χ3n) is 3.12. The Kier molecular flexibility index (Phi) is 2.91. The summed E-state index contributed by atoms with van der Waals surface area (Å²) in [5, 5.41) is 2.48. The van der Waals surface area contributed by atoms with Crippen molar-refractivity contribution in [2.45, 2.75) is 0 Å². The van der Waals surface area contributed by atoms with Crippen LogP contribution in [0.5, 0.6) is 11.5 Å². The number of benzene rings is 2. The third-order valence-corrected chi connectivity index (χ3v) is 3.53. The molecule has 2 aromatic carbocycles. The lowest BCUT2D eigenvalue weighted by Crippen LogP contribution is -1.92. The summed E-state index contributed by atoms with van der Waals surface area (Å²) in [6.45, 7) is 0. The Morgan fingerprint density at radius 3 is 2.32 bits per heavy atom. The monoisotopic (exact) mass is 273 g/mol. The van der Waals surface area contributed by atoms with E-state index in [1.165, 1.54) is 0 Å². The van der Waals surface area contributed by atoms with E-state index in [-0.39, 0.29) is 0 Å². The quantitative estimate of drug-likeness (QED) is 0.660. The topological polar surface area (TPSA) is 31.4 Å². The van der Waals surface area contributed by atoms with Crippen LogP contribution in [0.4, 0.5) is 0 Å². The molecule has 0 radical (unpaired) electrons. The Morgan fingerprint density at radius 1 is 0.895 bits per heavy atom. The molecule has 0 amide bonds. The van der Waals surface area contributed by atoms with Crippen molar-refractivity contribution < 1.29 is 9.47 Å². The summed E-state index contributed by atoms with van der Waals surface area (Å²) < 4.78 is 10.6. The molecule has 3 rings (SSSR count). The first-order valence-electron chi connectivity index (χ1n) is 5.84. The molecule has 0 N–H and O–H groups in total. The summed E-state index contributed by atoms with van der Waals surface area (Å²) in [7, 11) is 3.21. The van der Waals surface area contributed by atoms with Crippen LogP contribution in [0.25, 0.3) is 21.8 Å². The summed E-state index contributed by atoms with van der Waals surface area (Å²) in [6.07, 6.45) is 0. The summed E-state index contributed by atoms with van der Waals surface area (Å²) in [5.41, 5.74) is 1.66. The Morgan fingerprint density at radius 2 is 1.58 bits per heavy atom. The van der Waals surface area contributed by atoms with Gasteiger partial charge in [-0.05, 0) is 12.1 Å². The fraction of sp³-hybridized carbons (Fsp3) is 0.133. The molecule has 0 aliphatic carbocycles. The molecule has 0 unspecified atom stereocenters. The predicted octanol–water partition coefficient (Wildman–Crippen LogP) is 4.06. The molecule has 3 nitrogen and oxygen atoms in total. The number of pyridine rings is 1. The number of halogens is 1. The van der Waals surface area contributed by atoms with Crippen molar-refractivity contribution in [3.8, 4) is 11.5 Å². The van der Waals surface area contributed by atoms with Gasteiger partial charge in [-0.3, -0.25) is 0 Å². The van der Waals surface area contributed by atoms with Crippen LogP contribution in [0.3, 0.4) is 0 Å². The number of hydrogen-bond acceptors (Lipinski definition) is 3. The first-order valence-corrected chi connectivity index (χ1v) is 6.22. The molecular weight excluding hydrogens is 262 g/mol. The maximum atomic E-state index is 6.46. The molecule has 0 saturated heterocycles. The van der Waals surface area contributed by atoms with Gasteiger partial charge in [0.25, 0.3) is 0 Å². The van der Waals surface area contributed by atoms with Crippen molar-refractivity contribution in [2.24, 2.45) is 0 Å². The molecule has 96 valence electrons. The first kappa shape index (κ1) is 12.1. The number of rotatable bonds is 2. The fourth-order valence-corrected chi connectivity index (χ4v) is 2.48. The number of nitrogens with zero attached hydrogens (tertiary/aromatic N) is 1. The molecule has 0 atom stereocenters. The van der Waals surface area contributed by atoms with E-state index in [0.717, 1.165) is 21.8 Å². The van der Waals surface area contributed by atoms with Crippen molar-refractivity contribution in [2.75, 3.05) is 14.2 Å². The second-order valence-electron chi connectivity index (χ2n) is 4.17. The Hall–Kier alpha value is -2.00. The lowest BCUT2D eigenvalue weighted by Gasteiger charge is -2.11. The zero-order chi connectivity index (χ0) is 13.4. The maximum absolute atomic E-state index is 6.46. The van der Waals surface area contributed by atoms with Crippen molar-refractivity contribution in [1.29, 1.82) is 0 Å². The van der Waals surface area contributed by atoms with E-state index in [1.807, 2.05) is 36.4 Å². The van der Waals surface area contributed by atoms with E-state index >= 15 is 0 Å². The van der Waals surface area contributed by atoms with E-state index in [1.54, 1.807) is 14.2 Å². The van der Waals surface area contributed by atoms with Gasteiger partial charge in [0.2, 0.25) is 0 Å². The molecule has 3 aromatic rings. The number of aromatic nitrogens is 1. The fourth-order valence-electron chi connectivity index (χ4n) is 2.17. The minimum Gasteiger partial charge on any atom is -0.493 e. The van der Waals surface area contributed by atoms with Gasteiger partial charge in [-0.25, -0.2) is 4.98 Å². The van der Waals surface area contributed by atoms with E-state index in [2.05, 4.69) is 4.98 Å². The predicted molar refractivity (Wildman–Crippen MR) is 77.4 cm³/mol. The summed E-state index contributed by atoms with van der Waals surface area (Å²) >= 11 is 6.46. The van der Waals surface area contributed by atoms with Crippen LogP contribution >= 0.6 is 11.6 Å². The average molecular weight is 274 g/mol. The molecule has 1 aromatic heterocycles. The van der Waals surface area contributed by atoms with Crippen molar-refractivity contribution in [1.82, 2.24) is 4.98 Å². The largest absolute Gasteiger partial charge is 0.493 e. The van der Waals surface area contributed by atoms with Gasteiger partial charge in [-0.15, -0.1) is 0 Å². The van der Waals surface area contributed by atoms with Crippen LogP contribution in [-0.2, 0) is 0 Å². The highest BCUT2D eigenvalue weighted by Crippen LogP contribution is 2.37. The van der Waals surface area contributed by atoms with Gasteiger partial charge < -0.3 is 9.47 Å². The SMILES string of the molecule is COc1cc2nc3ccccc3c(Cl)c2cc1OC. The van der Waals surface area contributed by atoms with Crippen molar-refractivity contribution in [3.05, 3.63) is 41.4 Å². The van der Waals surface area contributed by atoms with Gasteiger partial charge in [0.15, 0.2) is 11.5 Å². The molecule has 0 spiro atoms.